The maximum absolute atomic E-state index is 12.0. The largest absolute Gasteiger partial charge is 0.478 e. The van der Waals surface area contributed by atoms with Crippen molar-refractivity contribution < 1.29 is 9.90 Å². The van der Waals surface area contributed by atoms with Gasteiger partial charge in [0.05, 0.1) is 5.57 Å². The Morgan fingerprint density at radius 2 is 1.59 bits per heavy atom. The molecule has 0 fully saturated rings. The van der Waals surface area contributed by atoms with E-state index in [0.717, 1.165) is 29.8 Å². The molecule has 0 saturated heterocycles. The van der Waals surface area contributed by atoms with Crippen LogP contribution in [0.25, 0.3) is 5.57 Å². The average molecular weight is 393 g/mol. The number of carboxylic acid groups (broad SMARTS) is 1. The van der Waals surface area contributed by atoms with Crippen molar-refractivity contribution in [3.63, 3.8) is 0 Å². The molecular formula is C25H32N2O2. The molecule has 2 aromatic carbocycles. The molecule has 1 atom stereocenters. The van der Waals surface area contributed by atoms with Crippen LogP contribution in [0.5, 0.6) is 0 Å². The Bertz CT molecular complexity index is 832. The van der Waals surface area contributed by atoms with E-state index in [1.807, 2.05) is 60.7 Å². The summed E-state index contributed by atoms with van der Waals surface area (Å²) in [6.07, 6.45) is 10.6. The summed E-state index contributed by atoms with van der Waals surface area (Å²) in [5, 5.41) is 17.1. The molecule has 1 unspecified atom stereocenters. The molecule has 0 bridgehead atoms. The Kier molecular flexibility index (Phi) is 7.48. The zero-order valence-corrected chi connectivity index (χ0v) is 17.3. The van der Waals surface area contributed by atoms with E-state index in [4.69, 9.17) is 0 Å². The predicted octanol–water partition coefficient (Wildman–Crippen LogP) is 5.77. The molecule has 0 radical (unpaired) electrons. The number of carboxylic acids is 1. The van der Waals surface area contributed by atoms with Gasteiger partial charge >= 0.3 is 5.97 Å². The highest BCUT2D eigenvalue weighted by Crippen LogP contribution is 2.37. The molecule has 1 heterocycles. The summed E-state index contributed by atoms with van der Waals surface area (Å²) in [6, 6.07) is 17.6. The number of rotatable bonds is 11. The van der Waals surface area contributed by atoms with Gasteiger partial charge < -0.3 is 10.4 Å². The summed E-state index contributed by atoms with van der Waals surface area (Å²) in [7, 11) is 0. The molecule has 3 rings (SSSR count). The third-order valence-corrected chi connectivity index (χ3v) is 5.55. The molecule has 0 aliphatic carbocycles. The lowest BCUT2D eigenvalue weighted by Gasteiger charge is -2.39. The second-order valence-electron chi connectivity index (χ2n) is 7.76. The first-order chi connectivity index (χ1) is 14.2. The summed E-state index contributed by atoms with van der Waals surface area (Å²) in [5.74, 6) is -0.906. The van der Waals surface area contributed by atoms with Gasteiger partial charge in [-0.15, -0.1) is 0 Å². The van der Waals surface area contributed by atoms with Crippen molar-refractivity contribution in [2.75, 3.05) is 11.9 Å². The zero-order chi connectivity index (χ0) is 20.5. The number of hydrogen-bond donors (Lipinski definition) is 3. The molecular weight excluding hydrogens is 360 g/mol. The van der Waals surface area contributed by atoms with Gasteiger partial charge in [0.15, 0.2) is 0 Å². The third kappa shape index (κ3) is 5.27. The Morgan fingerprint density at radius 3 is 2.31 bits per heavy atom. The van der Waals surface area contributed by atoms with Gasteiger partial charge in [-0.3, -0.25) is 5.32 Å². The van der Waals surface area contributed by atoms with Gasteiger partial charge in [0, 0.05) is 11.3 Å². The molecule has 1 aliphatic heterocycles. The lowest BCUT2D eigenvalue weighted by atomic mass is 9.88. The van der Waals surface area contributed by atoms with Crippen LogP contribution in [0.3, 0.4) is 0 Å². The molecule has 2 aromatic rings. The number of anilines is 1. The molecule has 29 heavy (non-hydrogen) atoms. The summed E-state index contributed by atoms with van der Waals surface area (Å²) < 4.78 is 0. The van der Waals surface area contributed by atoms with Crippen LogP contribution >= 0.6 is 0 Å². The molecule has 0 amide bonds. The Labute approximate surface area is 174 Å². The minimum Gasteiger partial charge on any atom is -0.478 e. The standard InChI is InChI=1S/C25H32N2O2/c1-2-3-4-5-6-7-13-18-26-25(20-14-9-8-10-15-20)19-22(24(28)29)21-16-11-12-17-23(21)27-25/h8-12,14-17,19,26-27H,2-7,13,18H2,1H3,(H,28,29). The first kappa shape index (κ1) is 21.1. The molecule has 4 heteroatoms. The number of hydrogen-bond acceptors (Lipinski definition) is 3. The van der Waals surface area contributed by atoms with Gasteiger partial charge in [-0.2, -0.15) is 0 Å². The highest BCUT2D eigenvalue weighted by molar-refractivity contribution is 6.18. The number of fused-ring (bicyclic) bond motifs is 1. The van der Waals surface area contributed by atoms with E-state index in [1.165, 1.54) is 38.5 Å². The summed E-state index contributed by atoms with van der Waals surface area (Å²) in [5.41, 5.74) is 2.17. The van der Waals surface area contributed by atoms with Gasteiger partial charge in [0.1, 0.15) is 5.66 Å². The molecule has 3 N–H and O–H groups in total. The number of nitrogens with one attached hydrogen (secondary N) is 2. The molecule has 0 aromatic heterocycles. The fraction of sp³-hybridized carbons (Fsp3) is 0.400. The van der Waals surface area contributed by atoms with Gasteiger partial charge in [-0.05, 0) is 30.7 Å². The lowest BCUT2D eigenvalue weighted by molar-refractivity contribution is -0.130. The second kappa shape index (κ2) is 10.3. The van der Waals surface area contributed by atoms with Crippen molar-refractivity contribution >= 4 is 17.2 Å². The topological polar surface area (TPSA) is 61.4 Å². The van der Waals surface area contributed by atoms with Crippen molar-refractivity contribution in [2.24, 2.45) is 0 Å². The van der Waals surface area contributed by atoms with E-state index in [1.54, 1.807) is 0 Å². The van der Waals surface area contributed by atoms with Gasteiger partial charge in [-0.1, -0.05) is 94.0 Å². The van der Waals surface area contributed by atoms with Gasteiger partial charge in [0.2, 0.25) is 0 Å². The minimum atomic E-state index is -0.906. The highest BCUT2D eigenvalue weighted by atomic mass is 16.4. The van der Waals surface area contributed by atoms with Crippen molar-refractivity contribution in [1.82, 2.24) is 5.32 Å². The van der Waals surface area contributed by atoms with Gasteiger partial charge in [-0.25, -0.2) is 4.79 Å². The van der Waals surface area contributed by atoms with Crippen molar-refractivity contribution in [1.29, 1.82) is 0 Å². The number of aliphatic carboxylic acids is 1. The summed E-state index contributed by atoms with van der Waals surface area (Å²) >= 11 is 0. The van der Waals surface area contributed by atoms with Crippen LogP contribution < -0.4 is 10.6 Å². The normalized spacial score (nSPS) is 17.9. The fourth-order valence-corrected chi connectivity index (χ4v) is 3.97. The first-order valence-corrected chi connectivity index (χ1v) is 10.8. The summed E-state index contributed by atoms with van der Waals surface area (Å²) in [4.78, 5) is 12.0. The van der Waals surface area contributed by atoms with Crippen molar-refractivity contribution in [3.05, 3.63) is 71.8 Å². The number of unbranched alkanes of at least 4 members (excludes halogenated alkanes) is 6. The summed E-state index contributed by atoms with van der Waals surface area (Å²) in [6.45, 7) is 3.06. The van der Waals surface area contributed by atoms with Crippen LogP contribution in [-0.4, -0.2) is 17.6 Å². The third-order valence-electron chi connectivity index (χ3n) is 5.55. The van der Waals surface area contributed by atoms with Crippen molar-refractivity contribution in [2.45, 2.75) is 57.5 Å². The molecule has 0 saturated carbocycles. The van der Waals surface area contributed by atoms with E-state index in [0.29, 0.717) is 5.57 Å². The molecule has 154 valence electrons. The number of para-hydroxylation sites is 1. The SMILES string of the molecule is CCCCCCCCCNC1(c2ccccc2)C=C(C(=O)O)c2ccccc2N1. The molecule has 4 nitrogen and oxygen atoms in total. The van der Waals surface area contributed by atoms with Crippen LogP contribution in [0, 0.1) is 0 Å². The maximum Gasteiger partial charge on any atom is 0.336 e. The van der Waals surface area contributed by atoms with Crippen molar-refractivity contribution in [3.8, 4) is 0 Å². The van der Waals surface area contributed by atoms with E-state index >= 15 is 0 Å². The van der Waals surface area contributed by atoms with E-state index in [9.17, 15) is 9.90 Å². The predicted molar refractivity (Wildman–Crippen MR) is 120 cm³/mol. The van der Waals surface area contributed by atoms with Crippen LogP contribution in [-0.2, 0) is 10.5 Å². The second-order valence-corrected chi connectivity index (χ2v) is 7.76. The van der Waals surface area contributed by atoms with Crippen LogP contribution in [0.4, 0.5) is 5.69 Å². The van der Waals surface area contributed by atoms with Crippen LogP contribution in [0.2, 0.25) is 0 Å². The van der Waals surface area contributed by atoms with Crippen LogP contribution in [0.15, 0.2) is 60.7 Å². The molecule has 0 spiro atoms. The van der Waals surface area contributed by atoms with Gasteiger partial charge in [0.25, 0.3) is 0 Å². The number of carbonyl (C=O) groups is 1. The zero-order valence-electron chi connectivity index (χ0n) is 17.3. The lowest BCUT2D eigenvalue weighted by Crippen LogP contribution is -2.49. The Morgan fingerprint density at radius 1 is 0.931 bits per heavy atom. The quantitative estimate of drug-likeness (QED) is 0.425. The van der Waals surface area contributed by atoms with E-state index < -0.39 is 11.6 Å². The highest BCUT2D eigenvalue weighted by Gasteiger charge is 2.36. The Balaban J connectivity index is 1.77. The average Bonchev–Trinajstić information content (AvgIpc) is 2.75. The smallest absolute Gasteiger partial charge is 0.336 e. The maximum atomic E-state index is 12.0. The fourth-order valence-electron chi connectivity index (χ4n) is 3.97. The first-order valence-electron chi connectivity index (χ1n) is 10.8. The number of benzene rings is 2. The minimum absolute atomic E-state index is 0.329. The Hall–Kier alpha value is -2.59. The van der Waals surface area contributed by atoms with E-state index in [-0.39, 0.29) is 0 Å². The van der Waals surface area contributed by atoms with Crippen LogP contribution in [0.1, 0.15) is 63.0 Å². The monoisotopic (exact) mass is 392 g/mol. The molecule has 1 aliphatic rings. The van der Waals surface area contributed by atoms with E-state index in [2.05, 4.69) is 17.6 Å².